The molecule has 0 bridgehead atoms. The van der Waals surface area contributed by atoms with E-state index >= 15 is 0 Å². The van der Waals surface area contributed by atoms with Crippen molar-refractivity contribution >= 4 is 11.9 Å². The minimum Gasteiger partial charge on any atom is -0.481 e. The molecule has 0 spiro atoms. The van der Waals surface area contributed by atoms with Crippen molar-refractivity contribution in [2.45, 2.75) is 142 Å². The number of ether oxygens (including phenoxy) is 1. The second kappa shape index (κ2) is 20.2. The molecule has 0 saturated heterocycles. The Morgan fingerprint density at radius 1 is 0.690 bits per heavy atom. The molecular weight excluding hydrogens is 364 g/mol. The maximum atomic E-state index is 12.0. The maximum Gasteiger partial charge on any atom is 0.309 e. The fourth-order valence-corrected chi connectivity index (χ4v) is 3.78. The Hall–Kier alpha value is -1.06. The maximum absolute atomic E-state index is 12.0. The first-order valence-corrected chi connectivity index (χ1v) is 12.4. The molecule has 29 heavy (non-hydrogen) atoms. The van der Waals surface area contributed by atoms with Crippen molar-refractivity contribution in [3.8, 4) is 0 Å². The minimum atomic E-state index is -0.924. The summed E-state index contributed by atoms with van der Waals surface area (Å²) in [6.45, 7) is 5.86. The predicted molar refractivity (Wildman–Crippen MR) is 121 cm³/mol. The van der Waals surface area contributed by atoms with Crippen LogP contribution in [-0.4, -0.2) is 23.1 Å². The van der Waals surface area contributed by atoms with E-state index in [1.165, 1.54) is 89.9 Å². The van der Waals surface area contributed by atoms with Crippen molar-refractivity contribution in [2.75, 3.05) is 0 Å². The molecule has 1 N–H and O–H groups in total. The number of rotatable bonds is 21. The van der Waals surface area contributed by atoms with E-state index in [1.807, 2.05) is 0 Å². The van der Waals surface area contributed by atoms with E-state index in [0.29, 0.717) is 6.42 Å². The number of hydrogen-bond acceptors (Lipinski definition) is 3. The van der Waals surface area contributed by atoms with Crippen molar-refractivity contribution in [3.05, 3.63) is 0 Å². The minimum absolute atomic E-state index is 0.121. The van der Waals surface area contributed by atoms with Gasteiger partial charge in [0.2, 0.25) is 0 Å². The molecule has 0 aromatic rings. The molecule has 4 heteroatoms. The van der Waals surface area contributed by atoms with Gasteiger partial charge >= 0.3 is 11.9 Å². The van der Waals surface area contributed by atoms with Crippen molar-refractivity contribution < 1.29 is 19.4 Å². The zero-order valence-corrected chi connectivity index (χ0v) is 19.6. The van der Waals surface area contributed by atoms with Crippen LogP contribution >= 0.6 is 0 Å². The van der Waals surface area contributed by atoms with Crippen LogP contribution in [0.2, 0.25) is 0 Å². The number of carboxylic acids is 1. The first-order valence-electron chi connectivity index (χ1n) is 12.4. The third kappa shape index (κ3) is 20.0. The van der Waals surface area contributed by atoms with Crippen molar-refractivity contribution in [1.82, 2.24) is 0 Å². The summed E-state index contributed by atoms with van der Waals surface area (Å²) in [5.74, 6) is -1.78. The number of unbranched alkanes of at least 4 members (excludes halogenated alkanes) is 15. The second-order valence-corrected chi connectivity index (χ2v) is 8.87. The topological polar surface area (TPSA) is 63.6 Å². The Morgan fingerprint density at radius 2 is 1.07 bits per heavy atom. The number of esters is 1. The van der Waals surface area contributed by atoms with Crippen LogP contribution in [0.15, 0.2) is 0 Å². The molecule has 0 radical (unpaired) electrons. The molecule has 0 rings (SSSR count). The van der Waals surface area contributed by atoms with Gasteiger partial charge in [0.05, 0.1) is 18.4 Å². The van der Waals surface area contributed by atoms with Crippen molar-refractivity contribution in [2.24, 2.45) is 5.92 Å². The van der Waals surface area contributed by atoms with Crippen LogP contribution in [0.1, 0.15) is 136 Å². The van der Waals surface area contributed by atoms with Crippen LogP contribution in [0.25, 0.3) is 0 Å². The van der Waals surface area contributed by atoms with Gasteiger partial charge in [-0.3, -0.25) is 9.59 Å². The zero-order chi connectivity index (χ0) is 21.7. The molecule has 0 saturated carbocycles. The highest BCUT2D eigenvalue weighted by Crippen LogP contribution is 2.18. The summed E-state index contributed by atoms with van der Waals surface area (Å²) in [5, 5.41) is 8.99. The fourth-order valence-electron chi connectivity index (χ4n) is 3.78. The molecule has 0 aromatic heterocycles. The lowest BCUT2D eigenvalue weighted by molar-refractivity contribution is -0.156. The third-order valence-electron chi connectivity index (χ3n) is 5.51. The molecule has 0 aromatic carbocycles. The Morgan fingerprint density at radius 3 is 1.41 bits per heavy atom. The van der Waals surface area contributed by atoms with Gasteiger partial charge in [-0.05, 0) is 20.3 Å². The molecular formula is C25H48O4. The second-order valence-electron chi connectivity index (χ2n) is 8.87. The standard InChI is InChI=1S/C25H48O4/c1-4-5-6-7-8-9-10-11-12-13-14-15-16-17-18-19-20-23(21-24(26)27)25(28)29-22(2)3/h22-23H,4-21H2,1-3H3,(H,26,27). The molecule has 0 aliphatic rings. The monoisotopic (exact) mass is 412 g/mol. The molecule has 0 aliphatic carbocycles. The van der Waals surface area contributed by atoms with Gasteiger partial charge in [-0.2, -0.15) is 0 Å². The number of carbonyl (C=O) groups is 2. The quantitative estimate of drug-likeness (QED) is 0.155. The normalized spacial score (nSPS) is 12.3. The molecule has 0 fully saturated rings. The van der Waals surface area contributed by atoms with Crippen LogP contribution in [0.4, 0.5) is 0 Å². The van der Waals surface area contributed by atoms with Crippen LogP contribution in [0, 0.1) is 5.92 Å². The van der Waals surface area contributed by atoms with E-state index in [9.17, 15) is 9.59 Å². The molecule has 0 amide bonds. The number of carbonyl (C=O) groups excluding carboxylic acids is 1. The summed E-state index contributed by atoms with van der Waals surface area (Å²) in [6, 6.07) is 0. The molecule has 0 heterocycles. The summed E-state index contributed by atoms with van der Waals surface area (Å²) in [7, 11) is 0. The lowest BCUT2D eigenvalue weighted by Gasteiger charge is -2.16. The van der Waals surface area contributed by atoms with Gasteiger partial charge in [-0.15, -0.1) is 0 Å². The summed E-state index contributed by atoms with van der Waals surface area (Å²) < 4.78 is 5.19. The van der Waals surface area contributed by atoms with Gasteiger partial charge in [0, 0.05) is 0 Å². The summed E-state index contributed by atoms with van der Waals surface area (Å²) in [5.41, 5.74) is 0. The Bertz CT molecular complexity index is 392. The SMILES string of the molecule is CCCCCCCCCCCCCCCCCCC(CC(=O)O)C(=O)OC(C)C. The number of aliphatic carboxylic acids is 1. The molecule has 1 unspecified atom stereocenters. The van der Waals surface area contributed by atoms with E-state index in [4.69, 9.17) is 9.84 Å². The van der Waals surface area contributed by atoms with Crippen LogP contribution in [0.5, 0.6) is 0 Å². The van der Waals surface area contributed by atoms with Gasteiger partial charge < -0.3 is 9.84 Å². The molecule has 1 atom stereocenters. The molecule has 0 aliphatic heterocycles. The Labute approximate surface area is 180 Å². The largest absolute Gasteiger partial charge is 0.481 e. The van der Waals surface area contributed by atoms with E-state index in [-0.39, 0.29) is 18.5 Å². The first-order chi connectivity index (χ1) is 14.0. The van der Waals surface area contributed by atoms with E-state index < -0.39 is 11.9 Å². The van der Waals surface area contributed by atoms with Crippen molar-refractivity contribution in [1.29, 1.82) is 0 Å². The lowest BCUT2D eigenvalue weighted by Crippen LogP contribution is -2.23. The Kier molecular flexibility index (Phi) is 19.5. The number of carboxylic acid groups (broad SMARTS) is 1. The van der Waals surface area contributed by atoms with Gasteiger partial charge in [0.1, 0.15) is 0 Å². The summed E-state index contributed by atoms with van der Waals surface area (Å²) in [6.07, 6.45) is 21.3. The number of hydrogen-bond donors (Lipinski definition) is 1. The van der Waals surface area contributed by atoms with Gasteiger partial charge in [0.25, 0.3) is 0 Å². The first kappa shape index (κ1) is 27.9. The van der Waals surface area contributed by atoms with E-state index in [1.54, 1.807) is 13.8 Å². The highest BCUT2D eigenvalue weighted by molar-refractivity contribution is 5.79. The van der Waals surface area contributed by atoms with Crippen LogP contribution < -0.4 is 0 Å². The van der Waals surface area contributed by atoms with Gasteiger partial charge in [-0.1, -0.05) is 110 Å². The third-order valence-corrected chi connectivity index (χ3v) is 5.51. The van der Waals surface area contributed by atoms with Crippen LogP contribution in [0.3, 0.4) is 0 Å². The zero-order valence-electron chi connectivity index (χ0n) is 19.6. The molecule has 4 nitrogen and oxygen atoms in total. The van der Waals surface area contributed by atoms with Crippen molar-refractivity contribution in [3.63, 3.8) is 0 Å². The highest BCUT2D eigenvalue weighted by atomic mass is 16.5. The summed E-state index contributed by atoms with van der Waals surface area (Å²) >= 11 is 0. The average molecular weight is 413 g/mol. The highest BCUT2D eigenvalue weighted by Gasteiger charge is 2.23. The van der Waals surface area contributed by atoms with E-state index in [0.717, 1.165) is 12.8 Å². The average Bonchev–Trinajstić information content (AvgIpc) is 2.65. The Balaban J connectivity index is 3.50. The van der Waals surface area contributed by atoms with Gasteiger partial charge in [0.15, 0.2) is 0 Å². The fraction of sp³-hybridized carbons (Fsp3) is 0.920. The van der Waals surface area contributed by atoms with Crippen LogP contribution in [-0.2, 0) is 14.3 Å². The lowest BCUT2D eigenvalue weighted by atomic mass is 9.97. The molecule has 172 valence electrons. The predicted octanol–water partition coefficient (Wildman–Crippen LogP) is 7.68. The smallest absolute Gasteiger partial charge is 0.309 e. The van der Waals surface area contributed by atoms with E-state index in [2.05, 4.69) is 6.92 Å². The van der Waals surface area contributed by atoms with Gasteiger partial charge in [-0.25, -0.2) is 0 Å². The summed E-state index contributed by atoms with van der Waals surface area (Å²) in [4.78, 5) is 23.0.